The van der Waals surface area contributed by atoms with Gasteiger partial charge in [-0.2, -0.15) is 0 Å². The van der Waals surface area contributed by atoms with Crippen LogP contribution in [0.4, 0.5) is 10.7 Å². The van der Waals surface area contributed by atoms with Gasteiger partial charge in [0.05, 0.1) is 11.1 Å². The summed E-state index contributed by atoms with van der Waals surface area (Å²) in [5.41, 5.74) is 4.62. The number of carbonyl (C=O) groups excluding carboxylic acids is 2. The number of piperidine rings is 1. The Kier molecular flexibility index (Phi) is 7.13. The Balaban J connectivity index is 1.34. The summed E-state index contributed by atoms with van der Waals surface area (Å²) < 4.78 is 0. The molecule has 2 aromatic heterocycles. The lowest BCUT2D eigenvalue weighted by Crippen LogP contribution is -2.29. The van der Waals surface area contributed by atoms with Gasteiger partial charge >= 0.3 is 0 Å². The molecule has 0 bridgehead atoms. The molecule has 1 aliphatic carbocycles. The minimum absolute atomic E-state index is 0.0361. The van der Waals surface area contributed by atoms with Gasteiger partial charge < -0.3 is 15.1 Å². The number of aryl methyl sites for hydroxylation is 1. The highest BCUT2D eigenvalue weighted by Crippen LogP contribution is 2.39. The summed E-state index contributed by atoms with van der Waals surface area (Å²) in [5.74, 6) is -0.271. The molecule has 1 aromatic carbocycles. The van der Waals surface area contributed by atoms with E-state index in [1.807, 2.05) is 7.05 Å². The average molecular weight is 489 g/mol. The van der Waals surface area contributed by atoms with E-state index in [2.05, 4.69) is 39.5 Å². The van der Waals surface area contributed by atoms with E-state index in [9.17, 15) is 9.59 Å². The first-order valence-corrected chi connectivity index (χ1v) is 13.4. The van der Waals surface area contributed by atoms with E-state index in [0.29, 0.717) is 22.7 Å². The van der Waals surface area contributed by atoms with Crippen LogP contribution in [0, 0.1) is 0 Å². The predicted molar refractivity (Wildman–Crippen MR) is 141 cm³/mol. The van der Waals surface area contributed by atoms with Crippen molar-refractivity contribution in [2.24, 2.45) is 0 Å². The summed E-state index contributed by atoms with van der Waals surface area (Å²) in [4.78, 5) is 36.0. The molecule has 1 N–H and O–H groups in total. The number of nitrogens with one attached hydrogen (secondary N) is 1. The molecule has 0 atom stereocenters. The fourth-order valence-corrected chi connectivity index (χ4v) is 6.33. The number of benzene rings is 1. The summed E-state index contributed by atoms with van der Waals surface area (Å²) in [7, 11) is 1.85. The van der Waals surface area contributed by atoms with E-state index < -0.39 is 0 Å². The Bertz CT molecular complexity index is 1180. The van der Waals surface area contributed by atoms with Crippen LogP contribution in [0.1, 0.15) is 68.8 Å². The lowest BCUT2D eigenvalue weighted by molar-refractivity contribution is 0.0785. The Morgan fingerprint density at radius 3 is 2.54 bits per heavy atom. The number of rotatable bonds is 6. The Morgan fingerprint density at radius 1 is 1.03 bits per heavy atom. The fourth-order valence-electron chi connectivity index (χ4n) is 5.05. The third kappa shape index (κ3) is 5.25. The van der Waals surface area contributed by atoms with Crippen molar-refractivity contribution in [2.45, 2.75) is 51.5 Å². The summed E-state index contributed by atoms with van der Waals surface area (Å²) in [6.07, 6.45) is 11.1. The molecule has 1 aliphatic heterocycles. The number of hydrogen-bond acceptors (Lipinski definition) is 5. The number of hydrogen-bond donors (Lipinski definition) is 1. The maximum Gasteiger partial charge on any atom is 0.257 e. The molecule has 3 aromatic rings. The summed E-state index contributed by atoms with van der Waals surface area (Å²) >= 11 is 1.55. The van der Waals surface area contributed by atoms with E-state index in [-0.39, 0.29) is 11.8 Å². The molecule has 7 heteroatoms. The molecule has 0 saturated carbocycles. The minimum Gasteiger partial charge on any atom is -0.372 e. The second-order valence-electron chi connectivity index (χ2n) is 9.49. The zero-order valence-corrected chi connectivity index (χ0v) is 21.1. The Hall–Kier alpha value is -3.19. The maximum absolute atomic E-state index is 13.7. The van der Waals surface area contributed by atoms with Gasteiger partial charge in [0.25, 0.3) is 11.8 Å². The normalized spacial score (nSPS) is 15.4. The zero-order valence-electron chi connectivity index (χ0n) is 20.3. The second kappa shape index (κ2) is 10.6. The van der Waals surface area contributed by atoms with Crippen LogP contribution in [0.15, 0.2) is 48.8 Å². The fraction of sp³-hybridized carbons (Fsp3) is 0.393. The van der Waals surface area contributed by atoms with Gasteiger partial charge in [0.2, 0.25) is 0 Å². The van der Waals surface area contributed by atoms with Crippen molar-refractivity contribution in [2.75, 3.05) is 30.4 Å². The second-order valence-corrected chi connectivity index (χ2v) is 10.6. The number of pyridine rings is 1. The number of nitrogens with zero attached hydrogens (tertiary/aromatic N) is 3. The van der Waals surface area contributed by atoms with E-state index in [1.54, 1.807) is 40.8 Å². The van der Waals surface area contributed by atoms with Crippen LogP contribution in [0.25, 0.3) is 0 Å². The lowest BCUT2D eigenvalue weighted by Gasteiger charge is -2.29. The van der Waals surface area contributed by atoms with Crippen LogP contribution in [-0.4, -0.2) is 41.8 Å². The number of amides is 2. The average Bonchev–Trinajstić information content (AvgIpc) is 3.27. The highest BCUT2D eigenvalue weighted by atomic mass is 32.1. The first-order valence-electron chi connectivity index (χ1n) is 12.6. The van der Waals surface area contributed by atoms with Gasteiger partial charge in [0.15, 0.2) is 0 Å². The molecule has 5 rings (SSSR count). The monoisotopic (exact) mass is 488 g/mol. The van der Waals surface area contributed by atoms with Crippen LogP contribution in [0.2, 0.25) is 0 Å². The lowest BCUT2D eigenvalue weighted by atomic mass is 9.95. The third-order valence-corrected chi connectivity index (χ3v) is 8.17. The number of anilines is 2. The van der Waals surface area contributed by atoms with Crippen LogP contribution >= 0.6 is 11.3 Å². The molecular formula is C28H32N4O2S. The zero-order chi connectivity index (χ0) is 24.2. The molecule has 6 nitrogen and oxygen atoms in total. The van der Waals surface area contributed by atoms with E-state index in [4.69, 9.17) is 0 Å². The van der Waals surface area contributed by atoms with Crippen molar-refractivity contribution in [3.05, 3.63) is 75.9 Å². The van der Waals surface area contributed by atoms with Crippen molar-refractivity contribution in [3.63, 3.8) is 0 Å². The van der Waals surface area contributed by atoms with E-state index in [0.717, 1.165) is 49.9 Å². The summed E-state index contributed by atoms with van der Waals surface area (Å²) in [6, 6.07) is 12.1. The van der Waals surface area contributed by atoms with Gasteiger partial charge in [-0.1, -0.05) is 12.1 Å². The highest BCUT2D eigenvalue weighted by Gasteiger charge is 2.28. The summed E-state index contributed by atoms with van der Waals surface area (Å²) in [6.45, 7) is 2.77. The number of aromatic nitrogens is 1. The number of carbonyl (C=O) groups is 2. The third-order valence-electron chi connectivity index (χ3n) is 6.96. The van der Waals surface area contributed by atoms with Gasteiger partial charge in [-0.15, -0.1) is 11.3 Å². The largest absolute Gasteiger partial charge is 0.372 e. The highest BCUT2D eigenvalue weighted by molar-refractivity contribution is 7.17. The maximum atomic E-state index is 13.7. The van der Waals surface area contributed by atoms with Gasteiger partial charge in [0.1, 0.15) is 5.00 Å². The van der Waals surface area contributed by atoms with Crippen molar-refractivity contribution < 1.29 is 9.59 Å². The molecule has 0 radical (unpaired) electrons. The predicted octanol–water partition coefficient (Wildman–Crippen LogP) is 5.54. The van der Waals surface area contributed by atoms with Gasteiger partial charge in [-0.3, -0.25) is 14.6 Å². The van der Waals surface area contributed by atoms with Crippen molar-refractivity contribution in [1.82, 2.24) is 9.88 Å². The van der Waals surface area contributed by atoms with Crippen LogP contribution in [0.5, 0.6) is 0 Å². The van der Waals surface area contributed by atoms with Crippen LogP contribution in [-0.2, 0) is 19.4 Å². The van der Waals surface area contributed by atoms with Crippen molar-refractivity contribution in [3.8, 4) is 0 Å². The Labute approximate surface area is 211 Å². The van der Waals surface area contributed by atoms with E-state index >= 15 is 0 Å². The quantitative estimate of drug-likeness (QED) is 0.495. The molecule has 2 amide bonds. The molecular weight excluding hydrogens is 456 g/mol. The van der Waals surface area contributed by atoms with Gasteiger partial charge in [0, 0.05) is 49.6 Å². The SMILES string of the molecule is CN(Cc1ccc(N2CCCCC2)cc1)C(=O)c1c(NC(=O)c2cccnc2)sc2c1CCCC2. The number of fused-ring (bicyclic) bond motifs is 1. The van der Waals surface area contributed by atoms with Gasteiger partial charge in [-0.25, -0.2) is 0 Å². The molecule has 182 valence electrons. The van der Waals surface area contributed by atoms with Crippen molar-refractivity contribution >= 4 is 33.8 Å². The molecule has 35 heavy (non-hydrogen) atoms. The van der Waals surface area contributed by atoms with Gasteiger partial charge in [-0.05, 0) is 80.3 Å². The molecule has 0 unspecified atom stereocenters. The van der Waals surface area contributed by atoms with Crippen LogP contribution in [0.3, 0.4) is 0 Å². The number of thiophene rings is 1. The van der Waals surface area contributed by atoms with E-state index in [1.165, 1.54) is 29.8 Å². The molecule has 0 spiro atoms. The Morgan fingerprint density at radius 2 is 1.80 bits per heavy atom. The van der Waals surface area contributed by atoms with Crippen LogP contribution < -0.4 is 10.2 Å². The van der Waals surface area contributed by atoms with Crippen molar-refractivity contribution in [1.29, 1.82) is 0 Å². The molecule has 1 saturated heterocycles. The molecule has 2 aliphatic rings. The summed E-state index contributed by atoms with van der Waals surface area (Å²) in [5, 5.41) is 3.67. The standard InChI is InChI=1S/C28H32N4O2S/c1-31(19-20-11-13-22(14-12-20)32-16-5-2-6-17-32)28(34)25-23-9-3-4-10-24(23)35-27(25)30-26(33)21-8-7-15-29-18-21/h7-8,11-15,18H,2-6,9-10,16-17,19H2,1H3,(H,30,33). The first-order chi connectivity index (χ1) is 17.1. The topological polar surface area (TPSA) is 65.5 Å². The minimum atomic E-state index is -0.235. The molecule has 1 fully saturated rings. The smallest absolute Gasteiger partial charge is 0.257 e. The first kappa shape index (κ1) is 23.5. The molecule has 3 heterocycles.